The van der Waals surface area contributed by atoms with Gasteiger partial charge in [-0.3, -0.25) is 9.69 Å². The summed E-state index contributed by atoms with van der Waals surface area (Å²) in [4.78, 5) is 19.6. The summed E-state index contributed by atoms with van der Waals surface area (Å²) in [5.74, 6) is -0.137. The van der Waals surface area contributed by atoms with Gasteiger partial charge in [0.05, 0.1) is 23.1 Å². The Morgan fingerprint density at radius 3 is 2.51 bits per heavy atom. The molecule has 3 aromatic rings. The minimum atomic E-state index is -4.55. The Kier molecular flexibility index (Phi) is 5.85. The number of carbonyl (C=O) groups is 1. The number of nitriles is 1. The van der Waals surface area contributed by atoms with E-state index in [0.29, 0.717) is 35.8 Å². The summed E-state index contributed by atoms with van der Waals surface area (Å²) >= 11 is 3.38. The monoisotopic (exact) mass is 538 g/mol. The maximum atomic E-state index is 13.6. The van der Waals surface area contributed by atoms with Crippen LogP contribution in [0, 0.1) is 11.3 Å². The van der Waals surface area contributed by atoms with Gasteiger partial charge < -0.3 is 4.57 Å². The minimum Gasteiger partial charge on any atom is -0.309 e. The van der Waals surface area contributed by atoms with Crippen molar-refractivity contribution in [2.75, 3.05) is 4.90 Å². The van der Waals surface area contributed by atoms with Gasteiger partial charge in [-0.25, -0.2) is 4.98 Å². The van der Waals surface area contributed by atoms with Gasteiger partial charge in [0.25, 0.3) is 0 Å². The van der Waals surface area contributed by atoms with Crippen LogP contribution >= 0.6 is 15.9 Å². The number of hydrogen-bond donors (Lipinski definition) is 0. The molecule has 2 aromatic heterocycles. The Labute approximate surface area is 207 Å². The molecule has 0 spiro atoms. The van der Waals surface area contributed by atoms with Crippen LogP contribution in [0.3, 0.4) is 0 Å². The largest absolute Gasteiger partial charge is 0.416 e. The van der Waals surface area contributed by atoms with Crippen LogP contribution in [0.15, 0.2) is 88.4 Å². The van der Waals surface area contributed by atoms with Crippen molar-refractivity contribution in [3.8, 4) is 6.07 Å². The Balaban J connectivity index is 1.82. The van der Waals surface area contributed by atoms with Gasteiger partial charge >= 0.3 is 6.18 Å². The predicted molar refractivity (Wildman–Crippen MR) is 128 cm³/mol. The van der Waals surface area contributed by atoms with Gasteiger partial charge in [0, 0.05) is 40.8 Å². The van der Waals surface area contributed by atoms with Crippen molar-refractivity contribution in [2.45, 2.75) is 31.4 Å². The standard InChI is InChI=1S/C26H18BrF3N4O/c27-18-9-10-22(32-15-18)34-20-7-4-8-21(35)24(20)23(16-5-3-6-17(13-16)26(28,29)30)19(14-31)25(34)33-11-1-2-12-33/h1-3,5-6,9-13,15,23H,4,7-8H2/t23-/m1/s1. The first-order valence-electron chi connectivity index (χ1n) is 10.9. The third-order valence-corrected chi connectivity index (χ3v) is 6.66. The third kappa shape index (κ3) is 4.08. The molecule has 0 bridgehead atoms. The number of carbonyl (C=O) groups excluding carboxylic acids is 1. The fourth-order valence-electron chi connectivity index (χ4n) is 4.75. The summed E-state index contributed by atoms with van der Waals surface area (Å²) in [6.07, 6.45) is 1.99. The van der Waals surface area contributed by atoms with Crippen molar-refractivity contribution < 1.29 is 18.0 Å². The predicted octanol–water partition coefficient (Wildman–Crippen LogP) is 6.67. The van der Waals surface area contributed by atoms with Crippen LogP contribution in [-0.4, -0.2) is 15.3 Å². The second-order valence-corrected chi connectivity index (χ2v) is 9.22. The van der Waals surface area contributed by atoms with E-state index in [4.69, 9.17) is 0 Å². The number of halogens is 4. The van der Waals surface area contributed by atoms with E-state index in [2.05, 4.69) is 27.0 Å². The molecule has 1 aromatic carbocycles. The highest BCUT2D eigenvalue weighted by molar-refractivity contribution is 9.10. The van der Waals surface area contributed by atoms with E-state index in [0.717, 1.165) is 16.6 Å². The summed E-state index contributed by atoms with van der Waals surface area (Å²) < 4.78 is 43.2. The lowest BCUT2D eigenvalue weighted by atomic mass is 9.75. The zero-order chi connectivity index (χ0) is 24.7. The van der Waals surface area contributed by atoms with Gasteiger partial charge in [0.2, 0.25) is 0 Å². The Morgan fingerprint density at radius 1 is 1.09 bits per heavy atom. The van der Waals surface area contributed by atoms with Gasteiger partial charge in [-0.2, -0.15) is 18.4 Å². The van der Waals surface area contributed by atoms with Crippen LogP contribution in [0.25, 0.3) is 5.82 Å². The van der Waals surface area contributed by atoms with Crippen LogP contribution < -0.4 is 4.90 Å². The van der Waals surface area contributed by atoms with Gasteiger partial charge in [-0.05, 0) is 64.7 Å². The number of pyridine rings is 1. The molecule has 0 unspecified atom stereocenters. The van der Waals surface area contributed by atoms with E-state index in [9.17, 15) is 23.2 Å². The second kappa shape index (κ2) is 8.86. The SMILES string of the molecule is N#CC1=C(n2cccc2)N(c2ccc(Br)cn2)C2=C(C(=O)CCC2)[C@@H]1c1cccc(C(F)(F)F)c1. The molecule has 9 heteroatoms. The lowest BCUT2D eigenvalue weighted by molar-refractivity contribution is -0.137. The molecule has 0 N–H and O–H groups in total. The van der Waals surface area contributed by atoms with Crippen LogP contribution in [0.2, 0.25) is 0 Å². The van der Waals surface area contributed by atoms with Crippen LogP contribution in [0.4, 0.5) is 19.0 Å². The third-order valence-electron chi connectivity index (χ3n) is 6.19. The van der Waals surface area contributed by atoms with Crippen molar-refractivity contribution in [1.29, 1.82) is 5.26 Å². The zero-order valence-corrected chi connectivity index (χ0v) is 19.8. The quantitative estimate of drug-likeness (QED) is 0.373. The summed E-state index contributed by atoms with van der Waals surface area (Å²) in [5.41, 5.74) is 0.623. The highest BCUT2D eigenvalue weighted by atomic mass is 79.9. The molecule has 0 fully saturated rings. The molecular formula is C26H18BrF3N4O. The van der Waals surface area contributed by atoms with Crippen molar-refractivity contribution >= 4 is 33.4 Å². The van der Waals surface area contributed by atoms with E-state index < -0.39 is 17.7 Å². The number of Topliss-reactive ketones (excluding diaryl/α,β-unsaturated/α-hetero) is 1. The molecule has 5 nitrogen and oxygen atoms in total. The Morgan fingerprint density at radius 2 is 1.86 bits per heavy atom. The maximum Gasteiger partial charge on any atom is 0.416 e. The molecule has 0 saturated carbocycles. The Hall–Kier alpha value is -3.64. The minimum absolute atomic E-state index is 0.171. The van der Waals surface area contributed by atoms with Crippen molar-refractivity contribution in [2.24, 2.45) is 0 Å². The van der Waals surface area contributed by atoms with Crippen LogP contribution in [0.5, 0.6) is 0 Å². The molecule has 1 aliphatic heterocycles. The normalized spacial score (nSPS) is 18.5. The zero-order valence-electron chi connectivity index (χ0n) is 18.3. The summed E-state index contributed by atoms with van der Waals surface area (Å²) in [6, 6.07) is 14.3. The molecule has 5 rings (SSSR count). The molecule has 0 radical (unpaired) electrons. The molecule has 2 aliphatic rings. The van der Waals surface area contributed by atoms with E-state index in [1.165, 1.54) is 6.07 Å². The molecule has 1 aliphatic carbocycles. The maximum absolute atomic E-state index is 13.6. The summed E-state index contributed by atoms with van der Waals surface area (Å²) in [7, 11) is 0. The molecule has 3 heterocycles. The molecule has 1 atom stereocenters. The van der Waals surface area contributed by atoms with E-state index in [-0.39, 0.29) is 23.3 Å². The van der Waals surface area contributed by atoms with Crippen LogP contribution in [0.1, 0.15) is 36.3 Å². The lowest BCUT2D eigenvalue weighted by Gasteiger charge is -2.40. The molecule has 0 saturated heterocycles. The van der Waals surface area contributed by atoms with Gasteiger partial charge in [-0.15, -0.1) is 0 Å². The van der Waals surface area contributed by atoms with Crippen molar-refractivity contribution in [1.82, 2.24) is 9.55 Å². The van der Waals surface area contributed by atoms with Crippen molar-refractivity contribution in [3.05, 3.63) is 99.6 Å². The number of allylic oxidation sites excluding steroid dienone is 3. The van der Waals surface area contributed by atoms with E-state index in [1.807, 2.05) is 6.07 Å². The number of nitrogens with zero attached hydrogens (tertiary/aromatic N) is 4. The fraction of sp³-hybridized carbons (Fsp3) is 0.192. The number of anilines is 1. The first kappa shape index (κ1) is 23.1. The lowest BCUT2D eigenvalue weighted by Crippen LogP contribution is -2.37. The second-order valence-electron chi connectivity index (χ2n) is 8.30. The first-order valence-corrected chi connectivity index (χ1v) is 11.7. The highest BCUT2D eigenvalue weighted by Gasteiger charge is 2.42. The van der Waals surface area contributed by atoms with Gasteiger partial charge in [-0.1, -0.05) is 18.2 Å². The Bertz CT molecular complexity index is 1400. The smallest absolute Gasteiger partial charge is 0.309 e. The average Bonchev–Trinajstić information content (AvgIpc) is 3.37. The molecule has 176 valence electrons. The molecular weight excluding hydrogens is 521 g/mol. The number of alkyl halides is 3. The number of rotatable bonds is 3. The first-order chi connectivity index (χ1) is 16.8. The molecule has 35 heavy (non-hydrogen) atoms. The number of ketones is 1. The van der Waals surface area contributed by atoms with Crippen molar-refractivity contribution in [3.63, 3.8) is 0 Å². The summed E-state index contributed by atoms with van der Waals surface area (Å²) in [5, 5.41) is 10.4. The topological polar surface area (TPSA) is 61.9 Å². The number of aromatic nitrogens is 2. The van der Waals surface area contributed by atoms with E-state index in [1.54, 1.807) is 52.3 Å². The fourth-order valence-corrected chi connectivity index (χ4v) is 4.98. The van der Waals surface area contributed by atoms with Crippen LogP contribution in [-0.2, 0) is 11.0 Å². The van der Waals surface area contributed by atoms with Gasteiger partial charge in [0.1, 0.15) is 11.6 Å². The van der Waals surface area contributed by atoms with E-state index >= 15 is 0 Å². The van der Waals surface area contributed by atoms with Gasteiger partial charge in [0.15, 0.2) is 5.78 Å². The summed E-state index contributed by atoms with van der Waals surface area (Å²) in [6.45, 7) is 0. The number of hydrogen-bond acceptors (Lipinski definition) is 4. The average molecular weight is 539 g/mol. The highest BCUT2D eigenvalue weighted by Crippen LogP contribution is 2.49. The number of benzene rings is 1. The molecule has 0 amide bonds.